The number of carboxylic acids is 1. The van der Waals surface area contributed by atoms with Gasteiger partial charge in [0.2, 0.25) is 5.91 Å². The molecule has 118 valence electrons. The number of aryl methyl sites for hydroxylation is 1. The Morgan fingerprint density at radius 1 is 1.23 bits per heavy atom. The van der Waals surface area contributed by atoms with E-state index in [2.05, 4.69) is 11.1 Å². The number of likely N-dealkylation sites (tertiary alicyclic amines) is 1. The van der Waals surface area contributed by atoms with E-state index in [9.17, 15) is 9.59 Å². The van der Waals surface area contributed by atoms with Gasteiger partial charge in [0.15, 0.2) is 0 Å². The van der Waals surface area contributed by atoms with Gasteiger partial charge >= 0.3 is 5.97 Å². The van der Waals surface area contributed by atoms with Gasteiger partial charge in [-0.05, 0) is 50.2 Å². The van der Waals surface area contributed by atoms with Crippen molar-refractivity contribution in [1.82, 2.24) is 9.88 Å². The Bertz CT molecular complexity index is 587. The summed E-state index contributed by atoms with van der Waals surface area (Å²) in [5.41, 5.74) is 2.20. The zero-order valence-electron chi connectivity index (χ0n) is 12.9. The second-order valence-electron chi connectivity index (χ2n) is 6.53. The Balaban J connectivity index is 1.73. The molecule has 1 aromatic heterocycles. The monoisotopic (exact) mass is 302 g/mol. The molecule has 1 aliphatic heterocycles. The van der Waals surface area contributed by atoms with Gasteiger partial charge in [-0.15, -0.1) is 0 Å². The van der Waals surface area contributed by atoms with Crippen LogP contribution >= 0.6 is 0 Å². The molecule has 3 atom stereocenters. The number of carbonyl (C=O) groups is 2. The molecule has 0 spiro atoms. The molecule has 0 aromatic carbocycles. The summed E-state index contributed by atoms with van der Waals surface area (Å²) in [5.74, 6) is -1.11. The number of hydrogen-bond donors (Lipinski definition) is 1. The molecule has 22 heavy (non-hydrogen) atoms. The lowest BCUT2D eigenvalue weighted by Crippen LogP contribution is -2.35. The molecule has 2 fully saturated rings. The molecule has 0 radical (unpaired) electrons. The highest BCUT2D eigenvalue weighted by Crippen LogP contribution is 2.38. The molecule has 1 amide bonds. The number of pyridine rings is 1. The normalized spacial score (nSPS) is 28.0. The van der Waals surface area contributed by atoms with Crippen LogP contribution in [0, 0.1) is 18.8 Å². The highest BCUT2D eigenvalue weighted by atomic mass is 16.4. The number of carboxylic acid groups (broad SMARTS) is 1. The van der Waals surface area contributed by atoms with Crippen LogP contribution in [0.5, 0.6) is 0 Å². The molecular formula is C17H22N2O3. The molecule has 0 bridgehead atoms. The van der Waals surface area contributed by atoms with Gasteiger partial charge in [0.05, 0.1) is 12.0 Å². The molecule has 3 rings (SSSR count). The molecule has 1 saturated carbocycles. The smallest absolute Gasteiger partial charge is 0.306 e. The first-order chi connectivity index (χ1) is 10.6. The van der Waals surface area contributed by atoms with Crippen molar-refractivity contribution in [3.8, 4) is 0 Å². The van der Waals surface area contributed by atoms with Crippen molar-refractivity contribution in [2.45, 2.75) is 45.1 Å². The van der Waals surface area contributed by atoms with Crippen LogP contribution in [0.3, 0.4) is 0 Å². The third-order valence-electron chi connectivity index (χ3n) is 4.95. The second kappa shape index (κ2) is 6.07. The van der Waals surface area contributed by atoms with Gasteiger partial charge in [-0.2, -0.15) is 0 Å². The average Bonchev–Trinajstić information content (AvgIpc) is 3.16. The van der Waals surface area contributed by atoms with Crippen LogP contribution in [0.1, 0.15) is 49.3 Å². The zero-order chi connectivity index (χ0) is 15.7. The predicted octanol–water partition coefficient (Wildman–Crippen LogP) is 2.55. The maximum atomic E-state index is 12.8. The van der Waals surface area contributed by atoms with E-state index in [-0.39, 0.29) is 23.8 Å². The van der Waals surface area contributed by atoms with E-state index in [1.165, 1.54) is 0 Å². The van der Waals surface area contributed by atoms with Crippen molar-refractivity contribution >= 4 is 11.9 Å². The quantitative estimate of drug-likeness (QED) is 0.931. The molecule has 5 nitrogen and oxygen atoms in total. The van der Waals surface area contributed by atoms with E-state index in [4.69, 9.17) is 5.11 Å². The molecule has 1 aliphatic carbocycles. The molecule has 1 unspecified atom stereocenters. The van der Waals surface area contributed by atoms with E-state index in [1.807, 2.05) is 24.2 Å². The summed E-state index contributed by atoms with van der Waals surface area (Å²) in [4.78, 5) is 30.1. The van der Waals surface area contributed by atoms with Gasteiger partial charge in [-0.25, -0.2) is 0 Å². The Morgan fingerprint density at radius 2 is 2.00 bits per heavy atom. The highest BCUT2D eigenvalue weighted by Gasteiger charge is 2.39. The first kappa shape index (κ1) is 15.0. The SMILES string of the molecule is Cc1cncc(C2CCCN2C(=O)[C@@H]2CC[C@H](C(=O)O)C2)c1. The summed E-state index contributed by atoms with van der Waals surface area (Å²) >= 11 is 0. The summed E-state index contributed by atoms with van der Waals surface area (Å²) in [7, 11) is 0. The van der Waals surface area contributed by atoms with Crippen LogP contribution in [0.25, 0.3) is 0 Å². The molecule has 5 heteroatoms. The van der Waals surface area contributed by atoms with Crippen LogP contribution in [0.15, 0.2) is 18.5 Å². The highest BCUT2D eigenvalue weighted by molar-refractivity contribution is 5.81. The first-order valence-corrected chi connectivity index (χ1v) is 8.01. The van der Waals surface area contributed by atoms with E-state index in [1.54, 1.807) is 0 Å². The van der Waals surface area contributed by atoms with Crippen LogP contribution in [-0.2, 0) is 9.59 Å². The number of amides is 1. The maximum Gasteiger partial charge on any atom is 0.306 e. The van der Waals surface area contributed by atoms with Crippen molar-refractivity contribution in [2.24, 2.45) is 11.8 Å². The molecular weight excluding hydrogens is 280 g/mol. The van der Waals surface area contributed by atoms with Gasteiger partial charge in [0.1, 0.15) is 0 Å². The number of rotatable bonds is 3. The minimum Gasteiger partial charge on any atom is -0.481 e. The number of carbonyl (C=O) groups excluding carboxylic acids is 1. The van der Waals surface area contributed by atoms with Crippen LogP contribution in [0.2, 0.25) is 0 Å². The summed E-state index contributed by atoms with van der Waals surface area (Å²) in [5, 5.41) is 9.11. The van der Waals surface area contributed by atoms with Crippen LogP contribution in [-0.4, -0.2) is 33.4 Å². The second-order valence-corrected chi connectivity index (χ2v) is 6.53. The average molecular weight is 302 g/mol. The van der Waals surface area contributed by atoms with Crippen molar-refractivity contribution < 1.29 is 14.7 Å². The Labute approximate surface area is 130 Å². The van der Waals surface area contributed by atoms with Crippen LogP contribution < -0.4 is 0 Å². The van der Waals surface area contributed by atoms with Gasteiger partial charge in [0, 0.05) is 24.9 Å². The van der Waals surface area contributed by atoms with Crippen molar-refractivity contribution in [1.29, 1.82) is 0 Å². The Kier molecular flexibility index (Phi) is 4.14. The first-order valence-electron chi connectivity index (χ1n) is 8.01. The summed E-state index contributed by atoms with van der Waals surface area (Å²) < 4.78 is 0. The summed E-state index contributed by atoms with van der Waals surface area (Å²) in [6.45, 7) is 2.78. The third-order valence-corrected chi connectivity index (χ3v) is 4.95. The molecule has 1 saturated heterocycles. The van der Waals surface area contributed by atoms with Gasteiger partial charge in [-0.1, -0.05) is 6.07 Å². The topological polar surface area (TPSA) is 70.5 Å². The van der Waals surface area contributed by atoms with Crippen molar-refractivity contribution in [3.05, 3.63) is 29.6 Å². The van der Waals surface area contributed by atoms with E-state index in [0.717, 1.165) is 30.5 Å². The van der Waals surface area contributed by atoms with Crippen molar-refractivity contribution in [2.75, 3.05) is 6.54 Å². The lowest BCUT2D eigenvalue weighted by atomic mass is 10.0. The van der Waals surface area contributed by atoms with E-state index < -0.39 is 5.97 Å². The number of nitrogens with zero attached hydrogens (tertiary/aromatic N) is 2. The fourth-order valence-corrected chi connectivity index (χ4v) is 3.80. The fraction of sp³-hybridized carbons (Fsp3) is 0.588. The van der Waals surface area contributed by atoms with Crippen molar-refractivity contribution in [3.63, 3.8) is 0 Å². The number of hydrogen-bond acceptors (Lipinski definition) is 3. The molecule has 2 aliphatic rings. The molecule has 2 heterocycles. The number of aromatic nitrogens is 1. The fourth-order valence-electron chi connectivity index (χ4n) is 3.80. The third kappa shape index (κ3) is 2.85. The molecule has 1 aromatic rings. The van der Waals surface area contributed by atoms with E-state index >= 15 is 0 Å². The largest absolute Gasteiger partial charge is 0.481 e. The minimum atomic E-state index is -0.767. The number of aliphatic carboxylic acids is 1. The zero-order valence-corrected chi connectivity index (χ0v) is 12.9. The maximum absolute atomic E-state index is 12.8. The lowest BCUT2D eigenvalue weighted by Gasteiger charge is -2.27. The van der Waals surface area contributed by atoms with E-state index in [0.29, 0.717) is 19.3 Å². The van der Waals surface area contributed by atoms with Gasteiger partial charge < -0.3 is 10.0 Å². The van der Waals surface area contributed by atoms with Crippen LogP contribution in [0.4, 0.5) is 0 Å². The van der Waals surface area contributed by atoms with Gasteiger partial charge in [-0.3, -0.25) is 14.6 Å². The summed E-state index contributed by atoms with van der Waals surface area (Å²) in [6, 6.07) is 2.20. The predicted molar refractivity (Wildman–Crippen MR) is 81.1 cm³/mol. The lowest BCUT2D eigenvalue weighted by molar-refractivity contribution is -0.141. The Morgan fingerprint density at radius 3 is 2.68 bits per heavy atom. The van der Waals surface area contributed by atoms with Gasteiger partial charge in [0.25, 0.3) is 0 Å². The Hall–Kier alpha value is -1.91. The molecule has 1 N–H and O–H groups in total. The summed E-state index contributed by atoms with van der Waals surface area (Å²) in [6.07, 6.45) is 7.44. The minimum absolute atomic E-state index is 0.101. The standard InChI is InChI=1S/C17H22N2O3/c1-11-7-14(10-18-9-11)15-3-2-6-19(15)16(20)12-4-5-13(8-12)17(21)22/h7,9-10,12-13,15H,2-6,8H2,1H3,(H,21,22)/t12-,13+,15?/m1/s1.